The number of benzene rings is 1. The Balaban J connectivity index is 1.38. The van der Waals surface area contributed by atoms with Gasteiger partial charge in [-0.25, -0.2) is 4.68 Å². The second-order valence-electron chi connectivity index (χ2n) is 6.95. The molecule has 3 heterocycles. The molecule has 1 aromatic heterocycles. The Morgan fingerprint density at radius 3 is 2.62 bits per heavy atom. The first-order chi connectivity index (χ1) is 12.7. The fourth-order valence-corrected chi connectivity index (χ4v) is 4.82. The van der Waals surface area contributed by atoms with E-state index in [4.69, 9.17) is 0 Å². The van der Waals surface area contributed by atoms with Crippen LogP contribution in [0, 0.1) is 0 Å². The van der Waals surface area contributed by atoms with Crippen LogP contribution < -0.4 is 5.56 Å². The van der Waals surface area contributed by atoms with Crippen molar-refractivity contribution >= 4 is 28.4 Å². The van der Waals surface area contributed by atoms with Crippen molar-refractivity contribution in [3.05, 3.63) is 40.8 Å². The first-order valence-electron chi connectivity index (χ1n) is 9.27. The van der Waals surface area contributed by atoms with Crippen molar-refractivity contribution in [3.8, 4) is 0 Å². The van der Waals surface area contributed by atoms with E-state index in [-0.39, 0.29) is 18.0 Å². The fraction of sp³-hybridized carbons (Fsp3) is 0.526. The van der Waals surface area contributed by atoms with Gasteiger partial charge in [-0.05, 0) is 18.9 Å². The zero-order valence-corrected chi connectivity index (χ0v) is 15.7. The molecule has 2 aliphatic rings. The molecule has 1 aromatic carbocycles. The summed E-state index contributed by atoms with van der Waals surface area (Å²) in [4.78, 5) is 29.6. The number of amides is 1. The molecule has 0 spiro atoms. The Morgan fingerprint density at radius 1 is 1.12 bits per heavy atom. The molecule has 2 aliphatic heterocycles. The monoisotopic (exact) mass is 372 g/mol. The van der Waals surface area contributed by atoms with Crippen LogP contribution in [0.25, 0.3) is 10.8 Å². The van der Waals surface area contributed by atoms with Crippen molar-refractivity contribution in [1.29, 1.82) is 0 Å². The third-order valence-corrected chi connectivity index (χ3v) is 6.37. The summed E-state index contributed by atoms with van der Waals surface area (Å²) in [5.41, 5.74) is -0.197. The molecule has 0 saturated carbocycles. The van der Waals surface area contributed by atoms with E-state index in [9.17, 15) is 9.59 Å². The molecule has 2 aromatic rings. The SMILES string of the molecule is O=C(Cn1ncc2ccccc2c1=O)N1CCC(N2CCSCC2)CC1. The molecule has 0 bridgehead atoms. The summed E-state index contributed by atoms with van der Waals surface area (Å²) in [6.45, 7) is 3.90. The van der Waals surface area contributed by atoms with Crippen molar-refractivity contribution in [1.82, 2.24) is 19.6 Å². The van der Waals surface area contributed by atoms with Gasteiger partial charge in [-0.1, -0.05) is 18.2 Å². The van der Waals surface area contributed by atoms with Gasteiger partial charge in [-0.3, -0.25) is 14.5 Å². The summed E-state index contributed by atoms with van der Waals surface area (Å²) >= 11 is 2.03. The lowest BCUT2D eigenvalue weighted by molar-refractivity contribution is -0.133. The average Bonchev–Trinajstić information content (AvgIpc) is 2.71. The van der Waals surface area contributed by atoms with Gasteiger partial charge in [0.15, 0.2) is 0 Å². The predicted molar refractivity (Wildman–Crippen MR) is 105 cm³/mol. The van der Waals surface area contributed by atoms with Crippen molar-refractivity contribution < 1.29 is 4.79 Å². The molecule has 4 rings (SSSR count). The van der Waals surface area contributed by atoms with E-state index in [1.807, 2.05) is 34.9 Å². The molecule has 6 nitrogen and oxygen atoms in total. The molecule has 0 aliphatic carbocycles. The van der Waals surface area contributed by atoms with Crippen molar-refractivity contribution in [2.75, 3.05) is 37.7 Å². The Labute approximate surface area is 157 Å². The Bertz CT molecular complexity index is 839. The number of fused-ring (bicyclic) bond motifs is 1. The fourth-order valence-electron chi connectivity index (χ4n) is 3.89. The number of aromatic nitrogens is 2. The number of likely N-dealkylation sites (tertiary alicyclic amines) is 1. The lowest BCUT2D eigenvalue weighted by Crippen LogP contribution is -2.49. The summed E-state index contributed by atoms with van der Waals surface area (Å²) in [6, 6.07) is 7.95. The molecule has 2 fully saturated rings. The van der Waals surface area contributed by atoms with Gasteiger partial charge in [0, 0.05) is 49.1 Å². The van der Waals surface area contributed by atoms with Crippen molar-refractivity contribution in [2.45, 2.75) is 25.4 Å². The molecule has 0 radical (unpaired) electrons. The molecule has 0 N–H and O–H groups in total. The van der Waals surface area contributed by atoms with Gasteiger partial charge < -0.3 is 4.90 Å². The first kappa shape index (κ1) is 17.5. The summed E-state index contributed by atoms with van der Waals surface area (Å²) in [6.07, 6.45) is 3.71. The van der Waals surface area contributed by atoms with Gasteiger partial charge in [-0.2, -0.15) is 16.9 Å². The van der Waals surface area contributed by atoms with Gasteiger partial charge in [0.1, 0.15) is 6.54 Å². The van der Waals surface area contributed by atoms with Crippen LogP contribution in [-0.4, -0.2) is 69.2 Å². The van der Waals surface area contributed by atoms with Crippen LogP contribution in [0.1, 0.15) is 12.8 Å². The Morgan fingerprint density at radius 2 is 1.85 bits per heavy atom. The molecule has 26 heavy (non-hydrogen) atoms. The molecule has 1 amide bonds. The van der Waals surface area contributed by atoms with Crippen LogP contribution in [0.5, 0.6) is 0 Å². The maximum atomic E-state index is 12.6. The number of nitrogens with zero attached hydrogens (tertiary/aromatic N) is 4. The van der Waals surface area contributed by atoms with Crippen LogP contribution in [0.2, 0.25) is 0 Å². The molecular weight excluding hydrogens is 348 g/mol. The van der Waals surface area contributed by atoms with E-state index >= 15 is 0 Å². The second kappa shape index (κ2) is 7.80. The van der Waals surface area contributed by atoms with Gasteiger partial charge in [-0.15, -0.1) is 0 Å². The highest BCUT2D eigenvalue weighted by Crippen LogP contribution is 2.20. The maximum Gasteiger partial charge on any atom is 0.275 e. The maximum absolute atomic E-state index is 12.6. The average molecular weight is 372 g/mol. The minimum Gasteiger partial charge on any atom is -0.341 e. The van der Waals surface area contributed by atoms with E-state index < -0.39 is 0 Å². The Kier molecular flexibility index (Phi) is 5.26. The standard InChI is InChI=1S/C19H24N4O2S/c24-18(14-23-19(25)17-4-2-1-3-15(17)13-20-23)22-7-5-16(6-8-22)21-9-11-26-12-10-21/h1-4,13,16H,5-12,14H2. The normalized spacial score (nSPS) is 19.8. The van der Waals surface area contributed by atoms with Crippen LogP contribution in [0.15, 0.2) is 35.3 Å². The molecular formula is C19H24N4O2S. The van der Waals surface area contributed by atoms with Crippen LogP contribution in [0.3, 0.4) is 0 Å². The van der Waals surface area contributed by atoms with Crippen molar-refractivity contribution in [3.63, 3.8) is 0 Å². The minimum absolute atomic E-state index is 0.0115. The second-order valence-corrected chi connectivity index (χ2v) is 8.18. The number of piperidine rings is 1. The smallest absolute Gasteiger partial charge is 0.275 e. The van der Waals surface area contributed by atoms with Crippen LogP contribution >= 0.6 is 11.8 Å². The minimum atomic E-state index is -0.197. The van der Waals surface area contributed by atoms with Gasteiger partial charge in [0.25, 0.3) is 5.56 Å². The summed E-state index contributed by atoms with van der Waals surface area (Å²) in [5, 5.41) is 5.59. The number of rotatable bonds is 3. The van der Waals surface area contributed by atoms with E-state index in [0.717, 1.165) is 31.3 Å². The van der Waals surface area contributed by atoms with E-state index in [2.05, 4.69) is 10.00 Å². The summed E-state index contributed by atoms with van der Waals surface area (Å²) in [5.74, 6) is 2.42. The highest BCUT2D eigenvalue weighted by Gasteiger charge is 2.28. The highest BCUT2D eigenvalue weighted by atomic mass is 32.2. The number of hydrogen-bond acceptors (Lipinski definition) is 5. The molecule has 0 atom stereocenters. The molecule has 0 unspecified atom stereocenters. The van der Waals surface area contributed by atoms with E-state index in [1.165, 1.54) is 29.3 Å². The van der Waals surface area contributed by atoms with E-state index in [0.29, 0.717) is 11.4 Å². The Hall–Kier alpha value is -1.86. The topological polar surface area (TPSA) is 58.4 Å². The number of thioether (sulfide) groups is 1. The summed E-state index contributed by atoms with van der Waals surface area (Å²) in [7, 11) is 0. The number of carbonyl (C=O) groups is 1. The van der Waals surface area contributed by atoms with Crippen molar-refractivity contribution in [2.24, 2.45) is 0 Å². The van der Waals surface area contributed by atoms with Crippen LogP contribution in [0.4, 0.5) is 0 Å². The third kappa shape index (κ3) is 3.64. The van der Waals surface area contributed by atoms with Gasteiger partial charge >= 0.3 is 0 Å². The quantitative estimate of drug-likeness (QED) is 0.816. The van der Waals surface area contributed by atoms with E-state index in [1.54, 1.807) is 12.3 Å². The third-order valence-electron chi connectivity index (χ3n) is 5.43. The molecule has 7 heteroatoms. The highest BCUT2D eigenvalue weighted by molar-refractivity contribution is 7.99. The first-order valence-corrected chi connectivity index (χ1v) is 10.4. The van der Waals surface area contributed by atoms with Gasteiger partial charge in [0.05, 0.1) is 11.6 Å². The lowest BCUT2D eigenvalue weighted by atomic mass is 10.0. The van der Waals surface area contributed by atoms with Crippen LogP contribution in [-0.2, 0) is 11.3 Å². The number of hydrogen-bond donors (Lipinski definition) is 0. The summed E-state index contributed by atoms with van der Waals surface area (Å²) < 4.78 is 1.29. The zero-order chi connectivity index (χ0) is 17.9. The molecule has 138 valence electrons. The van der Waals surface area contributed by atoms with Gasteiger partial charge in [0.2, 0.25) is 5.91 Å². The predicted octanol–water partition coefficient (Wildman–Crippen LogP) is 1.44. The molecule has 2 saturated heterocycles. The zero-order valence-electron chi connectivity index (χ0n) is 14.8. The number of carbonyl (C=O) groups excluding carboxylic acids is 1. The largest absolute Gasteiger partial charge is 0.341 e. The lowest BCUT2D eigenvalue weighted by Gasteiger charge is -2.40.